The van der Waals surface area contributed by atoms with Crippen molar-refractivity contribution in [1.82, 2.24) is 0 Å². The Hall–Kier alpha value is -3.73. The first-order valence-corrected chi connectivity index (χ1v) is 12.4. The van der Waals surface area contributed by atoms with Gasteiger partial charge in [0.05, 0.1) is 18.2 Å². The molecule has 0 saturated heterocycles. The van der Waals surface area contributed by atoms with Gasteiger partial charge in [-0.3, -0.25) is 4.31 Å². The fourth-order valence-electron chi connectivity index (χ4n) is 4.44. The first-order chi connectivity index (χ1) is 16.3. The van der Waals surface area contributed by atoms with Gasteiger partial charge in [0.15, 0.2) is 5.76 Å². The number of anilines is 1. The number of aryl methyl sites for hydroxylation is 1. The molecule has 2 aliphatic rings. The van der Waals surface area contributed by atoms with Crippen LogP contribution in [0.25, 0.3) is 5.76 Å². The second-order valence-corrected chi connectivity index (χ2v) is 10.4. The summed E-state index contributed by atoms with van der Waals surface area (Å²) in [6.07, 6.45) is 0. The first-order valence-electron chi connectivity index (χ1n) is 10.6. The quantitative estimate of drug-likeness (QED) is 0.547. The number of sulfonamides is 1. The van der Waals surface area contributed by atoms with E-state index in [-0.39, 0.29) is 28.7 Å². The van der Waals surface area contributed by atoms with Crippen molar-refractivity contribution in [3.8, 4) is 6.07 Å². The average molecular weight is 490 g/mol. The van der Waals surface area contributed by atoms with Crippen LogP contribution in [0.1, 0.15) is 28.2 Å². The van der Waals surface area contributed by atoms with Gasteiger partial charge in [-0.2, -0.15) is 5.26 Å². The number of nitrogens with two attached hydrogens (primary N) is 1. The van der Waals surface area contributed by atoms with Gasteiger partial charge in [0.2, 0.25) is 5.88 Å². The number of allylic oxidation sites excluding steroid dienone is 2. The van der Waals surface area contributed by atoms with Crippen LogP contribution >= 0.6 is 11.6 Å². The van der Waals surface area contributed by atoms with E-state index in [1.165, 1.54) is 4.31 Å². The normalized spacial score (nSPS) is 18.6. The maximum atomic E-state index is 14.2. The summed E-state index contributed by atoms with van der Waals surface area (Å²) in [5.41, 5.74) is 9.64. The van der Waals surface area contributed by atoms with E-state index in [9.17, 15) is 13.7 Å². The van der Waals surface area contributed by atoms with Crippen LogP contribution in [0.5, 0.6) is 0 Å². The van der Waals surface area contributed by atoms with Gasteiger partial charge >= 0.3 is 0 Å². The molecule has 2 heterocycles. The molecule has 2 N–H and O–H groups in total. The molecule has 170 valence electrons. The predicted molar refractivity (Wildman–Crippen MR) is 132 cm³/mol. The van der Waals surface area contributed by atoms with Crippen LogP contribution in [0.4, 0.5) is 5.69 Å². The zero-order valence-electron chi connectivity index (χ0n) is 18.2. The molecule has 0 spiro atoms. The first kappa shape index (κ1) is 22.1. The number of rotatable bonds is 3. The molecule has 1 unspecified atom stereocenters. The van der Waals surface area contributed by atoms with Crippen molar-refractivity contribution < 1.29 is 13.2 Å². The fraction of sp³-hybridized carbons (Fsp3) is 0.115. The van der Waals surface area contributed by atoms with E-state index in [0.29, 0.717) is 21.8 Å². The number of ether oxygens (including phenoxy) is 1. The maximum Gasteiger partial charge on any atom is 0.265 e. The van der Waals surface area contributed by atoms with Crippen molar-refractivity contribution in [1.29, 1.82) is 5.26 Å². The topological polar surface area (TPSA) is 96.4 Å². The molecule has 0 bridgehead atoms. The van der Waals surface area contributed by atoms with Crippen molar-refractivity contribution in [3.05, 3.63) is 116 Å². The number of para-hydroxylation sites is 1. The number of fused-ring (bicyclic) bond motifs is 2. The summed E-state index contributed by atoms with van der Waals surface area (Å²) >= 11 is 6.23. The summed E-state index contributed by atoms with van der Waals surface area (Å²) < 4.78 is 35.7. The van der Waals surface area contributed by atoms with E-state index >= 15 is 0 Å². The molecule has 3 aromatic rings. The zero-order chi connectivity index (χ0) is 24.0. The second-order valence-electron chi connectivity index (χ2n) is 8.13. The minimum Gasteiger partial charge on any atom is -0.439 e. The molecule has 34 heavy (non-hydrogen) atoms. The summed E-state index contributed by atoms with van der Waals surface area (Å²) in [6.45, 7) is 2.07. The van der Waals surface area contributed by atoms with E-state index in [1.807, 2.05) is 37.3 Å². The Kier molecular flexibility index (Phi) is 5.35. The van der Waals surface area contributed by atoms with Gasteiger partial charge in [0.25, 0.3) is 10.0 Å². The monoisotopic (exact) mass is 489 g/mol. The smallest absolute Gasteiger partial charge is 0.265 e. The van der Waals surface area contributed by atoms with Crippen molar-refractivity contribution in [2.75, 3.05) is 4.31 Å². The number of hydrogen-bond donors (Lipinski definition) is 1. The van der Waals surface area contributed by atoms with Crippen LogP contribution in [0.3, 0.4) is 0 Å². The fourth-order valence-corrected chi connectivity index (χ4v) is 6.54. The Morgan fingerprint density at radius 1 is 1.09 bits per heavy atom. The Morgan fingerprint density at radius 3 is 2.56 bits per heavy atom. The van der Waals surface area contributed by atoms with E-state index in [4.69, 9.17) is 22.1 Å². The van der Waals surface area contributed by atoms with E-state index < -0.39 is 15.9 Å². The van der Waals surface area contributed by atoms with Crippen LogP contribution in [-0.2, 0) is 21.3 Å². The Bertz CT molecular complexity index is 1540. The predicted octanol–water partition coefficient (Wildman–Crippen LogP) is 5.17. The van der Waals surface area contributed by atoms with Crippen molar-refractivity contribution in [2.24, 2.45) is 5.73 Å². The molecule has 0 aliphatic carbocycles. The van der Waals surface area contributed by atoms with Crippen LogP contribution < -0.4 is 10.0 Å². The molecule has 6 nitrogen and oxygen atoms in total. The van der Waals surface area contributed by atoms with Crippen LogP contribution in [0, 0.1) is 18.3 Å². The largest absolute Gasteiger partial charge is 0.439 e. The van der Waals surface area contributed by atoms with Crippen molar-refractivity contribution in [2.45, 2.75) is 19.4 Å². The van der Waals surface area contributed by atoms with Crippen molar-refractivity contribution >= 4 is 33.1 Å². The third-order valence-electron chi connectivity index (χ3n) is 6.12. The molecule has 3 aromatic carbocycles. The third kappa shape index (κ3) is 3.43. The standard InChI is InChI=1S/C26H20ClN3O3S/c1-16-7-2-3-8-18(16)15-30-22-12-5-4-11-20(22)24-25(34(30,31)32)23(21(14-28)26(29)33-24)17-9-6-10-19(27)13-17/h2-13,23H,15,29H2,1H3. The van der Waals surface area contributed by atoms with Gasteiger partial charge in [-0.1, -0.05) is 60.1 Å². The Labute approximate surface area is 203 Å². The molecule has 5 rings (SSSR count). The second kappa shape index (κ2) is 8.24. The van der Waals surface area contributed by atoms with E-state index in [1.54, 1.807) is 42.5 Å². The molecule has 2 aliphatic heterocycles. The summed E-state index contributed by atoms with van der Waals surface area (Å²) in [4.78, 5) is -0.0206. The number of nitrogens with zero attached hydrogens (tertiary/aromatic N) is 2. The lowest BCUT2D eigenvalue weighted by Crippen LogP contribution is -2.39. The Morgan fingerprint density at radius 2 is 1.82 bits per heavy atom. The molecular formula is C26H20ClN3O3S. The highest BCUT2D eigenvalue weighted by molar-refractivity contribution is 7.96. The number of hydrogen-bond acceptors (Lipinski definition) is 5. The molecule has 0 amide bonds. The molecular weight excluding hydrogens is 470 g/mol. The molecule has 0 saturated carbocycles. The Balaban J connectivity index is 1.78. The highest BCUT2D eigenvalue weighted by Crippen LogP contribution is 2.51. The minimum atomic E-state index is -4.13. The third-order valence-corrected chi connectivity index (χ3v) is 8.23. The lowest BCUT2D eigenvalue weighted by Gasteiger charge is -2.38. The van der Waals surface area contributed by atoms with Gasteiger partial charge in [-0.25, -0.2) is 8.42 Å². The van der Waals surface area contributed by atoms with Crippen molar-refractivity contribution in [3.63, 3.8) is 0 Å². The maximum absolute atomic E-state index is 14.2. The molecule has 1 atom stereocenters. The van der Waals surface area contributed by atoms with Gasteiger partial charge in [0, 0.05) is 10.6 Å². The summed E-state index contributed by atoms with van der Waals surface area (Å²) in [5, 5.41) is 10.3. The molecule has 8 heteroatoms. The molecule has 0 fully saturated rings. The summed E-state index contributed by atoms with van der Waals surface area (Å²) in [7, 11) is -4.13. The molecule has 0 radical (unpaired) electrons. The highest BCUT2D eigenvalue weighted by Gasteiger charge is 2.47. The lowest BCUT2D eigenvalue weighted by molar-refractivity contribution is 0.357. The number of benzene rings is 3. The lowest BCUT2D eigenvalue weighted by atomic mass is 9.88. The van der Waals surface area contributed by atoms with Gasteiger partial charge < -0.3 is 10.5 Å². The number of nitriles is 1. The van der Waals surface area contributed by atoms with Gasteiger partial charge in [0.1, 0.15) is 16.5 Å². The summed E-state index contributed by atoms with van der Waals surface area (Å²) in [6, 6.07) is 23.6. The van der Waals surface area contributed by atoms with Crippen LogP contribution in [0.2, 0.25) is 5.02 Å². The van der Waals surface area contributed by atoms with Gasteiger partial charge in [-0.05, 0) is 47.9 Å². The SMILES string of the molecule is Cc1ccccc1CN1c2ccccc2C2=C(C(c3cccc(Cl)c3)C(C#N)=C(N)O2)S1(=O)=O. The van der Waals surface area contributed by atoms with Crippen LogP contribution in [-0.4, -0.2) is 8.42 Å². The zero-order valence-corrected chi connectivity index (χ0v) is 19.8. The molecule has 0 aromatic heterocycles. The highest BCUT2D eigenvalue weighted by atomic mass is 35.5. The summed E-state index contributed by atoms with van der Waals surface area (Å²) in [5.74, 6) is -0.938. The van der Waals surface area contributed by atoms with E-state index in [0.717, 1.165) is 11.1 Å². The van der Waals surface area contributed by atoms with E-state index in [2.05, 4.69) is 6.07 Å². The van der Waals surface area contributed by atoms with Gasteiger partial charge in [-0.15, -0.1) is 0 Å². The van der Waals surface area contributed by atoms with Crippen LogP contribution in [0.15, 0.2) is 89.2 Å². The number of halogens is 1. The minimum absolute atomic E-state index is 0.0206. The average Bonchev–Trinajstić information content (AvgIpc) is 2.82.